The third-order valence-corrected chi connectivity index (χ3v) is 11.3. The van der Waals surface area contributed by atoms with E-state index in [2.05, 4.69) is 171 Å². The van der Waals surface area contributed by atoms with Gasteiger partial charge in [0.2, 0.25) is 0 Å². The Morgan fingerprint density at radius 3 is 2.02 bits per heavy atom. The van der Waals surface area contributed by atoms with Crippen LogP contribution in [0.4, 0.5) is 0 Å². The molecule has 1 aliphatic carbocycles. The molecule has 0 radical (unpaired) electrons. The van der Waals surface area contributed by atoms with Crippen LogP contribution in [-0.4, -0.2) is 15.4 Å². The van der Waals surface area contributed by atoms with Gasteiger partial charge in [-0.05, 0) is 88.3 Å². The van der Waals surface area contributed by atoms with Crippen LogP contribution in [0.5, 0.6) is 0 Å². The van der Waals surface area contributed by atoms with Gasteiger partial charge in [-0.2, -0.15) is 0 Å². The number of aryl methyl sites for hydroxylation is 4. The average molecular weight is 901 g/mol. The summed E-state index contributed by atoms with van der Waals surface area (Å²) in [6, 6.07) is 39.0. The van der Waals surface area contributed by atoms with Gasteiger partial charge in [0, 0.05) is 17.3 Å². The Balaban J connectivity index is 0.00000427. The molecule has 0 saturated carbocycles. The molecule has 9 rings (SSSR count). The second-order valence-electron chi connectivity index (χ2n) is 17.6. The molecular formula is C50H47N3OPt. The number of aromatic nitrogens is 2. The van der Waals surface area contributed by atoms with E-state index in [1.54, 1.807) is 0 Å². The minimum absolute atomic E-state index is 0. The smallest absolute Gasteiger partial charge is 0.510 e. The molecule has 278 valence electrons. The van der Waals surface area contributed by atoms with Crippen LogP contribution in [-0.2, 0) is 36.6 Å². The molecule has 7 aromatic rings. The first-order valence-corrected chi connectivity index (χ1v) is 19.1. The quantitative estimate of drug-likeness (QED) is 0.166. The van der Waals surface area contributed by atoms with Gasteiger partial charge < -0.3 is 14.3 Å². The predicted octanol–water partition coefficient (Wildman–Crippen LogP) is 12.5. The Morgan fingerprint density at radius 2 is 1.31 bits per heavy atom. The van der Waals surface area contributed by atoms with Crippen molar-refractivity contribution in [2.24, 2.45) is 4.99 Å². The van der Waals surface area contributed by atoms with E-state index in [0.29, 0.717) is 5.90 Å². The van der Waals surface area contributed by atoms with Gasteiger partial charge in [-0.25, -0.2) is 0 Å². The fourth-order valence-corrected chi connectivity index (χ4v) is 8.30. The van der Waals surface area contributed by atoms with E-state index in [1.807, 2.05) is 6.20 Å². The molecule has 55 heavy (non-hydrogen) atoms. The van der Waals surface area contributed by atoms with Crippen molar-refractivity contribution in [3.05, 3.63) is 153 Å². The molecule has 5 heteroatoms. The van der Waals surface area contributed by atoms with E-state index >= 15 is 0 Å². The Labute approximate surface area is 340 Å². The van der Waals surface area contributed by atoms with E-state index in [9.17, 15) is 0 Å². The zero-order chi connectivity index (χ0) is 37.8. The summed E-state index contributed by atoms with van der Waals surface area (Å²) in [5.74, 6) is 0.637. The van der Waals surface area contributed by atoms with Crippen LogP contribution in [0.15, 0.2) is 96.1 Å². The van der Waals surface area contributed by atoms with E-state index in [-0.39, 0.29) is 44.0 Å². The van der Waals surface area contributed by atoms with Crippen LogP contribution in [0.1, 0.15) is 104 Å². The summed E-state index contributed by atoms with van der Waals surface area (Å²) in [6.07, 6.45) is 1.73. The number of fused-ring (bicyclic) bond motifs is 9. The summed E-state index contributed by atoms with van der Waals surface area (Å²) >= 11 is 0. The van der Waals surface area contributed by atoms with Gasteiger partial charge in [0.1, 0.15) is 18.0 Å². The van der Waals surface area contributed by atoms with E-state index in [4.69, 9.17) is 14.7 Å². The van der Waals surface area contributed by atoms with Gasteiger partial charge in [0.25, 0.3) is 0 Å². The molecule has 0 spiro atoms. The number of aliphatic imine (C=N–C) groups is 1. The molecule has 2 atom stereocenters. The first-order chi connectivity index (χ1) is 25.6. The molecule has 3 heterocycles. The van der Waals surface area contributed by atoms with Gasteiger partial charge in [-0.15, -0.1) is 47.0 Å². The van der Waals surface area contributed by atoms with Crippen molar-refractivity contribution in [3.63, 3.8) is 0 Å². The van der Waals surface area contributed by atoms with Crippen LogP contribution in [0.25, 0.3) is 49.9 Å². The second-order valence-corrected chi connectivity index (χ2v) is 17.6. The Hall–Kier alpha value is -4.79. The van der Waals surface area contributed by atoms with Crippen LogP contribution in [0.2, 0.25) is 0 Å². The number of benzene rings is 5. The zero-order valence-electron chi connectivity index (χ0n) is 33.4. The number of pyridine rings is 1. The van der Waals surface area contributed by atoms with Crippen molar-refractivity contribution in [1.29, 1.82) is 0 Å². The SMILES string of the molecule is Cc1ccc2c(c1)-c1cc(C)ccc1[C@@H]1OC(c3[c-]c(-n4c5[c-]c(-c6cc(C(C)(C)C)ccn6)c(C)cc5c5cc(C)ccc54)cc(C(C)(C)C)c3)=N[C@H]21.[Pt+2]. The van der Waals surface area contributed by atoms with Gasteiger partial charge in [0.05, 0.1) is 0 Å². The third kappa shape index (κ3) is 6.27. The van der Waals surface area contributed by atoms with Gasteiger partial charge in [-0.1, -0.05) is 131 Å². The Morgan fingerprint density at radius 1 is 0.655 bits per heavy atom. The predicted molar refractivity (Wildman–Crippen MR) is 223 cm³/mol. The van der Waals surface area contributed by atoms with Gasteiger partial charge in [0.15, 0.2) is 0 Å². The first kappa shape index (κ1) is 37.1. The zero-order valence-corrected chi connectivity index (χ0v) is 35.7. The largest absolute Gasteiger partial charge is 2.00 e. The molecule has 4 nitrogen and oxygen atoms in total. The van der Waals surface area contributed by atoms with E-state index in [0.717, 1.165) is 44.5 Å². The summed E-state index contributed by atoms with van der Waals surface area (Å²) in [5.41, 5.74) is 17.9. The van der Waals surface area contributed by atoms with Crippen molar-refractivity contribution in [3.8, 4) is 28.1 Å². The normalized spacial score (nSPS) is 16.3. The average Bonchev–Trinajstić information content (AvgIpc) is 3.70. The van der Waals surface area contributed by atoms with Gasteiger partial charge >= 0.3 is 21.1 Å². The van der Waals surface area contributed by atoms with Crippen LogP contribution >= 0.6 is 0 Å². The summed E-state index contributed by atoms with van der Waals surface area (Å²) < 4.78 is 9.29. The molecule has 1 aliphatic heterocycles. The molecular weight excluding hydrogens is 854 g/mol. The molecule has 5 aromatic carbocycles. The maximum Gasteiger partial charge on any atom is 2.00 e. The van der Waals surface area contributed by atoms with Gasteiger partial charge in [-0.3, -0.25) is 4.99 Å². The van der Waals surface area contributed by atoms with Crippen molar-refractivity contribution in [2.45, 2.75) is 92.2 Å². The van der Waals surface area contributed by atoms with Crippen LogP contribution < -0.4 is 0 Å². The summed E-state index contributed by atoms with van der Waals surface area (Å²) in [7, 11) is 0. The number of rotatable bonds is 3. The fourth-order valence-electron chi connectivity index (χ4n) is 8.30. The first-order valence-electron chi connectivity index (χ1n) is 19.1. The summed E-state index contributed by atoms with van der Waals surface area (Å²) in [6.45, 7) is 22.2. The molecule has 0 saturated heterocycles. The molecule has 0 fully saturated rings. The molecule has 2 aliphatic rings. The number of hydrogen-bond donors (Lipinski definition) is 0. The molecule has 0 unspecified atom stereocenters. The number of nitrogens with zero attached hydrogens (tertiary/aromatic N) is 3. The minimum atomic E-state index is -0.201. The Kier molecular flexibility index (Phi) is 8.89. The maximum atomic E-state index is 6.96. The fraction of sp³-hybridized carbons (Fsp3) is 0.280. The topological polar surface area (TPSA) is 39.4 Å². The number of hydrogen-bond acceptors (Lipinski definition) is 3. The minimum Gasteiger partial charge on any atom is -0.510 e. The van der Waals surface area contributed by atoms with Crippen molar-refractivity contribution in [2.75, 3.05) is 0 Å². The monoisotopic (exact) mass is 900 g/mol. The summed E-state index contributed by atoms with van der Waals surface area (Å²) in [5, 5.41) is 2.36. The molecule has 2 aromatic heterocycles. The van der Waals surface area contributed by atoms with E-state index in [1.165, 1.54) is 55.5 Å². The third-order valence-electron chi connectivity index (χ3n) is 11.3. The van der Waals surface area contributed by atoms with Crippen molar-refractivity contribution in [1.82, 2.24) is 9.55 Å². The standard InChI is InChI=1S/C50H47N3O.Pt/c1-28-11-14-36-39(19-28)40-20-29(2)12-15-37(40)47-46(36)52-48(54-47)32-23-34(50(8,9)10)25-35(24-32)53-44-16-13-30(3)21-41(44)42-22-31(4)38(27-45(42)53)43-26-33(17-18-51-43)49(5,6)7;/h11-23,25-26,46-47H,1-10H3;/q-2;+2/t46-,47+;/m1./s1. The second kappa shape index (κ2) is 13.2. The Bertz CT molecular complexity index is 2720. The van der Waals surface area contributed by atoms with Crippen LogP contribution in [0.3, 0.4) is 0 Å². The summed E-state index contributed by atoms with van der Waals surface area (Å²) in [4.78, 5) is 10.3. The van der Waals surface area contributed by atoms with E-state index < -0.39 is 0 Å². The molecule has 0 bridgehead atoms. The number of ether oxygens (including phenoxy) is 1. The van der Waals surface area contributed by atoms with Crippen molar-refractivity contribution >= 4 is 27.7 Å². The molecule has 0 amide bonds. The molecule has 0 N–H and O–H groups in total. The van der Waals surface area contributed by atoms with Crippen LogP contribution in [0, 0.1) is 39.8 Å². The van der Waals surface area contributed by atoms with Crippen molar-refractivity contribution < 1.29 is 25.8 Å². The maximum absolute atomic E-state index is 6.96.